The summed E-state index contributed by atoms with van der Waals surface area (Å²) < 4.78 is 0. The van der Waals surface area contributed by atoms with Crippen molar-refractivity contribution in [2.75, 3.05) is 23.8 Å². The Morgan fingerprint density at radius 2 is 2.10 bits per heavy atom. The molecule has 5 nitrogen and oxygen atoms in total. The van der Waals surface area contributed by atoms with Crippen LogP contribution in [0.15, 0.2) is 11.4 Å². The Labute approximate surface area is 122 Å². The molecule has 108 valence electrons. The van der Waals surface area contributed by atoms with Crippen molar-refractivity contribution in [3.05, 3.63) is 11.4 Å². The number of nitrogens with zero attached hydrogens (tertiary/aromatic N) is 3. The van der Waals surface area contributed by atoms with Crippen LogP contribution in [0.3, 0.4) is 0 Å². The van der Waals surface area contributed by atoms with Gasteiger partial charge in [0.2, 0.25) is 5.95 Å². The molecule has 1 fully saturated rings. The zero-order chi connectivity index (χ0) is 13.9. The molecule has 0 aliphatic heterocycles. The van der Waals surface area contributed by atoms with E-state index in [-0.39, 0.29) is 6.61 Å². The van der Waals surface area contributed by atoms with Crippen LogP contribution in [-0.2, 0) is 0 Å². The van der Waals surface area contributed by atoms with Gasteiger partial charge in [-0.25, -0.2) is 4.98 Å². The van der Waals surface area contributed by atoms with Crippen molar-refractivity contribution in [1.82, 2.24) is 9.97 Å². The van der Waals surface area contributed by atoms with Gasteiger partial charge in [0, 0.05) is 12.6 Å². The monoisotopic (exact) mass is 292 g/mol. The molecule has 3 N–H and O–H groups in total. The minimum absolute atomic E-state index is 0.131. The third kappa shape index (κ3) is 2.58. The highest BCUT2D eigenvalue weighted by Crippen LogP contribution is 2.32. The van der Waals surface area contributed by atoms with Gasteiger partial charge in [0.15, 0.2) is 0 Å². The third-order valence-corrected chi connectivity index (χ3v) is 4.76. The number of hydrogen-bond acceptors (Lipinski definition) is 6. The molecular weight excluding hydrogens is 272 g/mol. The summed E-state index contributed by atoms with van der Waals surface area (Å²) in [5, 5.41) is 12.5. The average Bonchev–Trinajstić information content (AvgIpc) is 2.93. The molecule has 20 heavy (non-hydrogen) atoms. The van der Waals surface area contributed by atoms with Gasteiger partial charge in [0.1, 0.15) is 10.6 Å². The maximum absolute atomic E-state index is 9.41. The van der Waals surface area contributed by atoms with Gasteiger partial charge in [-0.2, -0.15) is 4.98 Å². The van der Waals surface area contributed by atoms with Crippen LogP contribution in [0.2, 0.25) is 0 Å². The fourth-order valence-electron chi connectivity index (χ4n) is 3.04. The van der Waals surface area contributed by atoms with Crippen LogP contribution in [0.5, 0.6) is 0 Å². The minimum atomic E-state index is 0.131. The molecule has 1 saturated carbocycles. The molecule has 2 aromatic rings. The maximum atomic E-state index is 9.41. The van der Waals surface area contributed by atoms with Crippen molar-refractivity contribution in [3.63, 3.8) is 0 Å². The van der Waals surface area contributed by atoms with Crippen molar-refractivity contribution in [3.8, 4) is 0 Å². The normalized spacial score (nSPS) is 16.6. The Hall–Kier alpha value is -1.40. The Balaban J connectivity index is 2.01. The van der Waals surface area contributed by atoms with E-state index in [0.29, 0.717) is 18.5 Å². The molecule has 3 rings (SSSR count). The molecule has 0 saturated heterocycles. The number of thiophene rings is 1. The topological polar surface area (TPSA) is 75.3 Å². The molecule has 0 atom stereocenters. The lowest BCUT2D eigenvalue weighted by molar-refractivity contribution is 0.289. The Morgan fingerprint density at radius 1 is 1.30 bits per heavy atom. The molecule has 0 amide bonds. The van der Waals surface area contributed by atoms with Crippen molar-refractivity contribution < 1.29 is 5.11 Å². The van der Waals surface area contributed by atoms with E-state index in [4.69, 9.17) is 5.73 Å². The van der Waals surface area contributed by atoms with Crippen LogP contribution in [0.4, 0.5) is 11.8 Å². The first-order valence-corrected chi connectivity index (χ1v) is 8.06. The fourth-order valence-corrected chi connectivity index (χ4v) is 3.80. The summed E-state index contributed by atoms with van der Waals surface area (Å²) in [5.74, 6) is 1.20. The Morgan fingerprint density at radius 3 is 2.85 bits per heavy atom. The Kier molecular flexibility index (Phi) is 4.03. The van der Waals surface area contributed by atoms with E-state index in [1.54, 1.807) is 11.3 Å². The van der Waals surface area contributed by atoms with Crippen molar-refractivity contribution in [1.29, 1.82) is 0 Å². The number of aliphatic hydroxyl groups excluding tert-OH is 1. The number of anilines is 2. The second kappa shape index (κ2) is 5.93. The molecule has 2 aromatic heterocycles. The molecule has 1 aliphatic carbocycles. The van der Waals surface area contributed by atoms with E-state index >= 15 is 0 Å². The summed E-state index contributed by atoms with van der Waals surface area (Å²) in [5.41, 5.74) is 5.84. The number of nitrogen functional groups attached to an aromatic ring is 1. The van der Waals surface area contributed by atoms with E-state index in [0.717, 1.165) is 28.9 Å². The molecule has 0 aromatic carbocycles. The summed E-state index contributed by atoms with van der Waals surface area (Å²) >= 11 is 1.58. The van der Waals surface area contributed by atoms with Crippen LogP contribution in [0.25, 0.3) is 10.2 Å². The van der Waals surface area contributed by atoms with Crippen LogP contribution < -0.4 is 10.6 Å². The summed E-state index contributed by atoms with van der Waals surface area (Å²) in [4.78, 5) is 11.9. The van der Waals surface area contributed by atoms with Gasteiger partial charge in [-0.05, 0) is 24.3 Å². The zero-order valence-electron chi connectivity index (χ0n) is 11.5. The largest absolute Gasteiger partial charge is 0.395 e. The van der Waals surface area contributed by atoms with E-state index < -0.39 is 0 Å². The molecule has 6 heteroatoms. The van der Waals surface area contributed by atoms with Gasteiger partial charge in [0.25, 0.3) is 0 Å². The fraction of sp³-hybridized carbons (Fsp3) is 0.571. The van der Waals surface area contributed by atoms with Gasteiger partial charge in [-0.3, -0.25) is 0 Å². The summed E-state index contributed by atoms with van der Waals surface area (Å²) in [6.07, 6.45) is 6.13. The molecule has 0 spiro atoms. The lowest BCUT2D eigenvalue weighted by atomic mass is 9.94. The van der Waals surface area contributed by atoms with E-state index in [1.165, 1.54) is 19.3 Å². The first-order valence-electron chi connectivity index (χ1n) is 7.18. The van der Waals surface area contributed by atoms with E-state index in [2.05, 4.69) is 14.9 Å². The number of nitrogens with two attached hydrogens (primary N) is 1. The first-order chi connectivity index (χ1) is 9.79. The van der Waals surface area contributed by atoms with E-state index in [1.807, 2.05) is 11.4 Å². The molecular formula is C14H20N4OS. The zero-order valence-corrected chi connectivity index (χ0v) is 12.3. The molecule has 0 unspecified atom stereocenters. The number of aliphatic hydroxyl groups is 1. The summed E-state index contributed by atoms with van der Waals surface area (Å²) in [6.45, 7) is 0.734. The average molecular weight is 292 g/mol. The molecule has 1 aliphatic rings. The lowest BCUT2D eigenvalue weighted by Crippen LogP contribution is -2.39. The first kappa shape index (κ1) is 13.6. The molecule has 0 radical (unpaired) electrons. The van der Waals surface area contributed by atoms with Gasteiger partial charge in [0.05, 0.1) is 12.0 Å². The van der Waals surface area contributed by atoms with E-state index in [9.17, 15) is 5.11 Å². The molecule has 0 bridgehead atoms. The van der Waals surface area contributed by atoms with Crippen molar-refractivity contribution >= 4 is 33.3 Å². The second-order valence-electron chi connectivity index (χ2n) is 5.25. The highest BCUT2D eigenvalue weighted by atomic mass is 32.1. The predicted molar refractivity (Wildman–Crippen MR) is 83.1 cm³/mol. The number of rotatable bonds is 4. The third-order valence-electron chi connectivity index (χ3n) is 3.95. The van der Waals surface area contributed by atoms with Crippen LogP contribution in [-0.4, -0.2) is 34.3 Å². The minimum Gasteiger partial charge on any atom is -0.395 e. The van der Waals surface area contributed by atoms with Gasteiger partial charge in [-0.15, -0.1) is 11.3 Å². The highest BCUT2D eigenvalue weighted by Gasteiger charge is 2.24. The number of fused-ring (bicyclic) bond motifs is 1. The van der Waals surface area contributed by atoms with Gasteiger partial charge < -0.3 is 15.7 Å². The van der Waals surface area contributed by atoms with Crippen molar-refractivity contribution in [2.45, 2.75) is 38.1 Å². The Bertz CT molecular complexity index is 580. The number of hydrogen-bond donors (Lipinski definition) is 2. The van der Waals surface area contributed by atoms with Crippen LogP contribution in [0, 0.1) is 0 Å². The smallest absolute Gasteiger partial charge is 0.223 e. The highest BCUT2D eigenvalue weighted by molar-refractivity contribution is 7.16. The quantitative estimate of drug-likeness (QED) is 0.905. The van der Waals surface area contributed by atoms with Crippen molar-refractivity contribution in [2.24, 2.45) is 0 Å². The standard InChI is InChI=1S/C14H20N4OS/c15-14-16-12(11-6-9-20-13(11)17-14)18(7-8-19)10-4-2-1-3-5-10/h6,9-10,19H,1-5,7-8H2,(H2,15,16,17). The maximum Gasteiger partial charge on any atom is 0.223 e. The number of aromatic nitrogens is 2. The predicted octanol–water partition coefficient (Wildman–Crippen LogP) is 2.40. The van der Waals surface area contributed by atoms with Crippen LogP contribution in [0.1, 0.15) is 32.1 Å². The van der Waals surface area contributed by atoms with Crippen LogP contribution >= 0.6 is 11.3 Å². The van der Waals surface area contributed by atoms with Gasteiger partial charge in [-0.1, -0.05) is 19.3 Å². The van der Waals surface area contributed by atoms with Gasteiger partial charge >= 0.3 is 0 Å². The lowest BCUT2D eigenvalue weighted by Gasteiger charge is -2.35. The SMILES string of the molecule is Nc1nc(N(CCO)C2CCCCC2)c2ccsc2n1. The summed E-state index contributed by atoms with van der Waals surface area (Å²) in [7, 11) is 0. The molecule has 2 heterocycles. The summed E-state index contributed by atoms with van der Waals surface area (Å²) in [6, 6.07) is 2.50. The second-order valence-corrected chi connectivity index (χ2v) is 6.15.